The summed E-state index contributed by atoms with van der Waals surface area (Å²) in [4.78, 5) is 17.5. The van der Waals surface area contributed by atoms with Crippen LogP contribution in [0.2, 0.25) is 0 Å². The zero-order valence-corrected chi connectivity index (χ0v) is 13.3. The highest BCUT2D eigenvalue weighted by molar-refractivity contribution is 5.82. The van der Waals surface area contributed by atoms with Crippen LogP contribution >= 0.6 is 0 Å². The van der Waals surface area contributed by atoms with Crippen LogP contribution in [0.15, 0.2) is 0 Å². The molecule has 114 valence electrons. The summed E-state index contributed by atoms with van der Waals surface area (Å²) >= 11 is 0. The minimum atomic E-state index is 0.299. The first-order chi connectivity index (χ1) is 9.54. The second-order valence-corrected chi connectivity index (χ2v) is 7.69. The van der Waals surface area contributed by atoms with E-state index in [9.17, 15) is 4.79 Å². The smallest absolute Gasteiger partial charge is 0.137 e. The molecule has 2 saturated heterocycles. The fourth-order valence-corrected chi connectivity index (χ4v) is 4.80. The van der Waals surface area contributed by atoms with Gasteiger partial charge in [0.2, 0.25) is 0 Å². The number of nitrogens with zero attached hydrogens (tertiary/aromatic N) is 2. The molecule has 2 aliphatic heterocycles. The lowest BCUT2D eigenvalue weighted by Crippen LogP contribution is -2.43. The number of ketones is 1. The van der Waals surface area contributed by atoms with Gasteiger partial charge in [-0.1, -0.05) is 13.8 Å². The number of hydrogen-bond acceptors (Lipinski definition) is 3. The van der Waals surface area contributed by atoms with Gasteiger partial charge in [0.1, 0.15) is 5.78 Å². The van der Waals surface area contributed by atoms with E-state index in [1.807, 2.05) is 0 Å². The molecule has 5 atom stereocenters. The summed E-state index contributed by atoms with van der Waals surface area (Å²) in [5.74, 6) is 2.00. The zero-order valence-electron chi connectivity index (χ0n) is 13.3. The minimum Gasteiger partial charge on any atom is -0.301 e. The SMILES string of the molecule is CC1CC(=O)C(CN2CCC3CCC(C2)N3C)C(C)C1. The van der Waals surface area contributed by atoms with Gasteiger partial charge in [-0.2, -0.15) is 0 Å². The lowest BCUT2D eigenvalue weighted by molar-refractivity contribution is -0.128. The Hall–Kier alpha value is -0.410. The van der Waals surface area contributed by atoms with E-state index in [1.54, 1.807) is 0 Å². The maximum absolute atomic E-state index is 12.4. The van der Waals surface area contributed by atoms with Gasteiger partial charge >= 0.3 is 0 Å². The van der Waals surface area contributed by atoms with E-state index in [1.165, 1.54) is 38.8 Å². The Morgan fingerprint density at radius 2 is 1.90 bits per heavy atom. The lowest BCUT2D eigenvalue weighted by Gasteiger charge is -2.35. The summed E-state index contributed by atoms with van der Waals surface area (Å²) in [5.41, 5.74) is 0. The van der Waals surface area contributed by atoms with E-state index in [0.29, 0.717) is 23.5 Å². The van der Waals surface area contributed by atoms with Crippen LogP contribution in [0.4, 0.5) is 0 Å². The van der Waals surface area contributed by atoms with Gasteiger partial charge < -0.3 is 4.90 Å². The highest BCUT2D eigenvalue weighted by Crippen LogP contribution is 2.33. The Labute approximate surface area is 123 Å². The number of likely N-dealkylation sites (tertiary alicyclic amines) is 1. The molecule has 3 rings (SSSR count). The quantitative estimate of drug-likeness (QED) is 0.775. The maximum atomic E-state index is 12.4. The summed E-state index contributed by atoms with van der Waals surface area (Å²) in [6, 6.07) is 1.53. The van der Waals surface area contributed by atoms with Crippen molar-refractivity contribution in [3.8, 4) is 0 Å². The van der Waals surface area contributed by atoms with Gasteiger partial charge in [-0.25, -0.2) is 0 Å². The third kappa shape index (κ3) is 2.80. The van der Waals surface area contributed by atoms with Crippen LogP contribution in [0, 0.1) is 17.8 Å². The zero-order chi connectivity index (χ0) is 14.3. The minimum absolute atomic E-state index is 0.299. The van der Waals surface area contributed by atoms with E-state index in [-0.39, 0.29) is 0 Å². The number of hydrogen-bond donors (Lipinski definition) is 0. The summed E-state index contributed by atoms with van der Waals surface area (Å²) in [6.45, 7) is 7.90. The van der Waals surface area contributed by atoms with Crippen molar-refractivity contribution in [1.82, 2.24) is 9.80 Å². The highest BCUT2D eigenvalue weighted by Gasteiger charge is 2.38. The van der Waals surface area contributed by atoms with E-state index in [0.717, 1.165) is 25.0 Å². The number of carbonyl (C=O) groups is 1. The highest BCUT2D eigenvalue weighted by atomic mass is 16.1. The first-order valence-corrected chi connectivity index (χ1v) is 8.51. The molecule has 0 aromatic carbocycles. The molecule has 5 unspecified atom stereocenters. The Morgan fingerprint density at radius 1 is 1.15 bits per heavy atom. The predicted octanol–water partition coefficient (Wildman–Crippen LogP) is 2.41. The van der Waals surface area contributed by atoms with Crippen molar-refractivity contribution in [2.24, 2.45) is 17.8 Å². The van der Waals surface area contributed by atoms with E-state index >= 15 is 0 Å². The van der Waals surface area contributed by atoms with Crippen LogP contribution in [0.3, 0.4) is 0 Å². The van der Waals surface area contributed by atoms with E-state index in [4.69, 9.17) is 0 Å². The van der Waals surface area contributed by atoms with Crippen molar-refractivity contribution in [1.29, 1.82) is 0 Å². The van der Waals surface area contributed by atoms with Crippen molar-refractivity contribution < 1.29 is 4.79 Å². The molecule has 1 saturated carbocycles. The van der Waals surface area contributed by atoms with Crippen LogP contribution < -0.4 is 0 Å². The molecule has 3 nitrogen and oxygen atoms in total. The molecule has 1 aliphatic carbocycles. The van der Waals surface area contributed by atoms with E-state index < -0.39 is 0 Å². The van der Waals surface area contributed by atoms with Crippen molar-refractivity contribution in [2.75, 3.05) is 26.7 Å². The van der Waals surface area contributed by atoms with Crippen LogP contribution in [-0.2, 0) is 4.79 Å². The predicted molar refractivity (Wildman–Crippen MR) is 81.7 cm³/mol. The molecule has 20 heavy (non-hydrogen) atoms. The van der Waals surface area contributed by atoms with E-state index in [2.05, 4.69) is 30.7 Å². The first-order valence-electron chi connectivity index (χ1n) is 8.51. The molecule has 3 fully saturated rings. The average molecular weight is 278 g/mol. The molecule has 3 heteroatoms. The molecule has 0 radical (unpaired) electrons. The molecule has 3 aliphatic rings. The number of carbonyl (C=O) groups excluding carboxylic acids is 1. The van der Waals surface area contributed by atoms with Gasteiger partial charge in [-0.15, -0.1) is 0 Å². The van der Waals surface area contributed by atoms with Crippen LogP contribution in [0.25, 0.3) is 0 Å². The fraction of sp³-hybridized carbons (Fsp3) is 0.941. The maximum Gasteiger partial charge on any atom is 0.137 e. The molecule has 0 aromatic rings. The first kappa shape index (κ1) is 14.5. The summed E-state index contributed by atoms with van der Waals surface area (Å²) in [6.07, 6.45) is 6.07. The van der Waals surface area contributed by atoms with Crippen molar-refractivity contribution >= 4 is 5.78 Å². The summed E-state index contributed by atoms with van der Waals surface area (Å²) in [5, 5.41) is 0. The van der Waals surface area contributed by atoms with Crippen LogP contribution in [0.1, 0.15) is 46.0 Å². The second-order valence-electron chi connectivity index (χ2n) is 7.69. The normalized spacial score (nSPS) is 43.8. The van der Waals surface area contributed by atoms with Crippen LogP contribution in [-0.4, -0.2) is 54.3 Å². The molecule has 0 N–H and O–H groups in total. The van der Waals surface area contributed by atoms with Crippen molar-refractivity contribution in [3.05, 3.63) is 0 Å². The molecule has 0 aromatic heterocycles. The fourth-order valence-electron chi connectivity index (χ4n) is 4.80. The summed E-state index contributed by atoms with van der Waals surface area (Å²) < 4.78 is 0. The number of fused-ring (bicyclic) bond motifs is 2. The lowest BCUT2D eigenvalue weighted by atomic mass is 9.74. The standard InChI is InChI=1S/C17H30N2O/c1-12-8-13(2)16(17(20)9-12)11-19-7-6-14-4-5-15(10-19)18(14)3/h12-16H,4-11H2,1-3H3. The molecule has 0 amide bonds. The molecular weight excluding hydrogens is 248 g/mol. The Kier molecular flexibility index (Phi) is 4.19. The van der Waals surface area contributed by atoms with Crippen LogP contribution in [0.5, 0.6) is 0 Å². The topological polar surface area (TPSA) is 23.6 Å². The average Bonchev–Trinajstić information content (AvgIpc) is 2.60. The number of rotatable bonds is 2. The second kappa shape index (κ2) is 5.76. The monoisotopic (exact) mass is 278 g/mol. The Balaban J connectivity index is 1.61. The van der Waals surface area contributed by atoms with Gasteiger partial charge in [-0.3, -0.25) is 9.69 Å². The van der Waals surface area contributed by atoms with Crippen molar-refractivity contribution in [3.63, 3.8) is 0 Å². The molecular formula is C17H30N2O. The van der Waals surface area contributed by atoms with Gasteiger partial charge in [-0.05, 0) is 51.1 Å². The number of likely N-dealkylation sites (N-methyl/N-ethyl adjacent to an activating group) is 1. The van der Waals surface area contributed by atoms with Crippen molar-refractivity contribution in [2.45, 2.75) is 58.0 Å². The third-order valence-corrected chi connectivity index (χ3v) is 6.11. The molecule has 2 heterocycles. The number of Topliss-reactive ketones (excluding diaryl/α,β-unsaturated/α-hetero) is 1. The Bertz CT molecular complexity index is 370. The largest absolute Gasteiger partial charge is 0.301 e. The molecule has 2 bridgehead atoms. The van der Waals surface area contributed by atoms with Gasteiger partial charge in [0.05, 0.1) is 0 Å². The Morgan fingerprint density at radius 3 is 2.65 bits per heavy atom. The van der Waals surface area contributed by atoms with Gasteiger partial charge in [0, 0.05) is 37.5 Å². The van der Waals surface area contributed by atoms with Gasteiger partial charge in [0.15, 0.2) is 0 Å². The summed E-state index contributed by atoms with van der Waals surface area (Å²) in [7, 11) is 2.29. The van der Waals surface area contributed by atoms with Gasteiger partial charge in [0.25, 0.3) is 0 Å². The molecule has 0 spiro atoms. The third-order valence-electron chi connectivity index (χ3n) is 6.11.